The van der Waals surface area contributed by atoms with Crippen molar-refractivity contribution in [3.8, 4) is 0 Å². The van der Waals surface area contributed by atoms with Gasteiger partial charge in [0.25, 0.3) is 0 Å². The molecule has 1 saturated heterocycles. The van der Waals surface area contributed by atoms with Gasteiger partial charge in [0.2, 0.25) is 5.91 Å². The standard InChI is InChI=1S/C20H34N4O/c1-18-7-5-8-19(17-18)24-15-13-23(14-16-24)12-4-3-11-22-20(25)9-6-10-21-2/h5,7-8,17,21H,3-4,6,9-16H2,1-2H3,(H,22,25). The number of rotatable bonds is 10. The SMILES string of the molecule is CNCCCC(=O)NCCCCN1CCN(c2cccc(C)c2)CC1. The lowest BCUT2D eigenvalue weighted by Gasteiger charge is -2.36. The summed E-state index contributed by atoms with van der Waals surface area (Å²) in [6.45, 7) is 9.46. The third kappa shape index (κ3) is 7.45. The van der Waals surface area contributed by atoms with E-state index in [0.29, 0.717) is 6.42 Å². The van der Waals surface area contributed by atoms with Gasteiger partial charge in [-0.3, -0.25) is 9.69 Å². The monoisotopic (exact) mass is 346 g/mol. The molecule has 140 valence electrons. The number of nitrogens with one attached hydrogen (secondary N) is 2. The lowest BCUT2D eigenvalue weighted by atomic mass is 10.2. The van der Waals surface area contributed by atoms with Crippen LogP contribution < -0.4 is 15.5 Å². The van der Waals surface area contributed by atoms with E-state index in [1.54, 1.807) is 0 Å². The van der Waals surface area contributed by atoms with Crippen LogP contribution in [0.3, 0.4) is 0 Å². The van der Waals surface area contributed by atoms with Crippen molar-refractivity contribution in [3.05, 3.63) is 29.8 Å². The number of amides is 1. The highest BCUT2D eigenvalue weighted by molar-refractivity contribution is 5.75. The topological polar surface area (TPSA) is 47.6 Å². The lowest BCUT2D eigenvalue weighted by molar-refractivity contribution is -0.121. The Bertz CT molecular complexity index is 512. The fourth-order valence-electron chi connectivity index (χ4n) is 3.26. The van der Waals surface area contributed by atoms with E-state index in [2.05, 4.69) is 51.6 Å². The molecule has 1 aliphatic heterocycles. The van der Waals surface area contributed by atoms with Crippen LogP contribution in [0.15, 0.2) is 24.3 Å². The number of hydrogen-bond donors (Lipinski definition) is 2. The molecule has 1 fully saturated rings. The van der Waals surface area contributed by atoms with Gasteiger partial charge < -0.3 is 15.5 Å². The highest BCUT2D eigenvalue weighted by Gasteiger charge is 2.16. The summed E-state index contributed by atoms with van der Waals surface area (Å²) in [5.41, 5.74) is 2.67. The number of anilines is 1. The Hall–Kier alpha value is -1.59. The molecule has 1 amide bonds. The summed E-state index contributed by atoms with van der Waals surface area (Å²) in [5.74, 6) is 0.182. The predicted octanol–water partition coefficient (Wildman–Crippen LogP) is 2.01. The predicted molar refractivity (Wildman–Crippen MR) is 105 cm³/mol. The van der Waals surface area contributed by atoms with E-state index >= 15 is 0 Å². The first-order valence-electron chi connectivity index (χ1n) is 9.64. The Labute approximate surface area is 152 Å². The van der Waals surface area contributed by atoms with Crippen LogP contribution in [0.25, 0.3) is 0 Å². The average Bonchev–Trinajstić information content (AvgIpc) is 2.62. The molecule has 1 heterocycles. The van der Waals surface area contributed by atoms with Crippen molar-refractivity contribution in [1.29, 1.82) is 0 Å². The number of carbonyl (C=O) groups is 1. The van der Waals surface area contributed by atoms with Crippen LogP contribution in [-0.4, -0.2) is 63.7 Å². The highest BCUT2D eigenvalue weighted by Crippen LogP contribution is 2.17. The van der Waals surface area contributed by atoms with Crippen LogP contribution in [-0.2, 0) is 4.79 Å². The van der Waals surface area contributed by atoms with Crippen molar-refractivity contribution in [2.75, 3.05) is 57.8 Å². The maximum absolute atomic E-state index is 11.6. The summed E-state index contributed by atoms with van der Waals surface area (Å²) in [4.78, 5) is 16.6. The summed E-state index contributed by atoms with van der Waals surface area (Å²) in [6.07, 6.45) is 3.76. The second-order valence-electron chi connectivity index (χ2n) is 6.93. The molecule has 2 N–H and O–H groups in total. The van der Waals surface area contributed by atoms with Crippen molar-refractivity contribution in [2.24, 2.45) is 0 Å². The minimum atomic E-state index is 0.182. The molecule has 1 aliphatic rings. The maximum Gasteiger partial charge on any atom is 0.220 e. The Morgan fingerprint density at radius 1 is 1.08 bits per heavy atom. The second-order valence-corrected chi connectivity index (χ2v) is 6.93. The number of carbonyl (C=O) groups excluding carboxylic acids is 1. The Kier molecular flexibility index (Phi) is 8.77. The van der Waals surface area contributed by atoms with Crippen LogP contribution >= 0.6 is 0 Å². The van der Waals surface area contributed by atoms with E-state index in [0.717, 1.165) is 65.1 Å². The maximum atomic E-state index is 11.6. The van der Waals surface area contributed by atoms with Crippen molar-refractivity contribution in [1.82, 2.24) is 15.5 Å². The largest absolute Gasteiger partial charge is 0.369 e. The molecule has 0 unspecified atom stereocenters. The molecule has 25 heavy (non-hydrogen) atoms. The fourth-order valence-corrected chi connectivity index (χ4v) is 3.26. The van der Waals surface area contributed by atoms with E-state index < -0.39 is 0 Å². The fraction of sp³-hybridized carbons (Fsp3) is 0.650. The van der Waals surface area contributed by atoms with E-state index in [-0.39, 0.29) is 5.91 Å². The van der Waals surface area contributed by atoms with Crippen molar-refractivity contribution >= 4 is 11.6 Å². The molecule has 5 heteroatoms. The third-order valence-corrected chi connectivity index (χ3v) is 4.79. The van der Waals surface area contributed by atoms with E-state index in [1.807, 2.05) is 7.05 Å². The van der Waals surface area contributed by atoms with Crippen molar-refractivity contribution in [3.63, 3.8) is 0 Å². The molecular weight excluding hydrogens is 312 g/mol. The van der Waals surface area contributed by atoms with Gasteiger partial charge >= 0.3 is 0 Å². The molecule has 0 aromatic heterocycles. The first-order valence-corrected chi connectivity index (χ1v) is 9.64. The van der Waals surface area contributed by atoms with Gasteiger partial charge in [-0.15, -0.1) is 0 Å². The van der Waals surface area contributed by atoms with E-state index in [9.17, 15) is 4.79 Å². The summed E-state index contributed by atoms with van der Waals surface area (Å²) in [7, 11) is 1.92. The molecular formula is C20H34N4O. The summed E-state index contributed by atoms with van der Waals surface area (Å²) >= 11 is 0. The van der Waals surface area contributed by atoms with Gasteiger partial charge in [0.1, 0.15) is 0 Å². The van der Waals surface area contributed by atoms with E-state index in [1.165, 1.54) is 11.3 Å². The van der Waals surface area contributed by atoms with Gasteiger partial charge in [-0.05, 0) is 64.0 Å². The van der Waals surface area contributed by atoms with Crippen LogP contribution in [0.4, 0.5) is 5.69 Å². The van der Waals surface area contributed by atoms with Gasteiger partial charge in [-0.25, -0.2) is 0 Å². The van der Waals surface area contributed by atoms with Gasteiger partial charge in [-0.2, -0.15) is 0 Å². The number of piperazine rings is 1. The molecule has 2 rings (SSSR count). The van der Waals surface area contributed by atoms with Crippen molar-refractivity contribution in [2.45, 2.75) is 32.6 Å². The molecule has 0 aliphatic carbocycles. The Balaban J connectivity index is 1.53. The molecule has 5 nitrogen and oxygen atoms in total. The smallest absolute Gasteiger partial charge is 0.220 e. The summed E-state index contributed by atoms with van der Waals surface area (Å²) in [6, 6.07) is 8.78. The molecule has 0 radical (unpaired) electrons. The van der Waals surface area contributed by atoms with Crippen LogP contribution in [0.1, 0.15) is 31.2 Å². The van der Waals surface area contributed by atoms with Gasteiger partial charge in [0.05, 0.1) is 0 Å². The molecule has 0 saturated carbocycles. The van der Waals surface area contributed by atoms with Crippen LogP contribution in [0, 0.1) is 6.92 Å². The van der Waals surface area contributed by atoms with Gasteiger partial charge in [-0.1, -0.05) is 12.1 Å². The zero-order valence-corrected chi connectivity index (χ0v) is 15.9. The number of hydrogen-bond acceptors (Lipinski definition) is 4. The van der Waals surface area contributed by atoms with Gasteiger partial charge in [0, 0.05) is 44.8 Å². The molecule has 0 atom stereocenters. The minimum Gasteiger partial charge on any atom is -0.369 e. The molecule has 0 spiro atoms. The summed E-state index contributed by atoms with van der Waals surface area (Å²) < 4.78 is 0. The minimum absolute atomic E-state index is 0.182. The molecule has 1 aromatic carbocycles. The van der Waals surface area contributed by atoms with Crippen LogP contribution in [0.2, 0.25) is 0 Å². The molecule has 0 bridgehead atoms. The summed E-state index contributed by atoms with van der Waals surface area (Å²) in [5, 5.41) is 6.08. The zero-order chi connectivity index (χ0) is 17.9. The highest BCUT2D eigenvalue weighted by atomic mass is 16.1. The normalized spacial score (nSPS) is 15.4. The first kappa shape index (κ1) is 19.7. The Morgan fingerprint density at radius 3 is 2.60 bits per heavy atom. The lowest BCUT2D eigenvalue weighted by Crippen LogP contribution is -2.46. The molecule has 1 aromatic rings. The number of nitrogens with zero attached hydrogens (tertiary/aromatic N) is 2. The number of benzene rings is 1. The third-order valence-electron chi connectivity index (χ3n) is 4.79. The number of aryl methyl sites for hydroxylation is 1. The van der Waals surface area contributed by atoms with Gasteiger partial charge in [0.15, 0.2) is 0 Å². The average molecular weight is 347 g/mol. The Morgan fingerprint density at radius 2 is 1.88 bits per heavy atom. The number of unbranched alkanes of at least 4 members (excludes halogenated alkanes) is 1. The zero-order valence-electron chi connectivity index (χ0n) is 15.9. The van der Waals surface area contributed by atoms with E-state index in [4.69, 9.17) is 0 Å². The second kappa shape index (κ2) is 11.1. The van der Waals surface area contributed by atoms with Crippen LogP contribution in [0.5, 0.6) is 0 Å². The quantitative estimate of drug-likeness (QED) is 0.636. The van der Waals surface area contributed by atoms with Crippen molar-refractivity contribution < 1.29 is 4.79 Å². The first-order chi connectivity index (χ1) is 12.2.